The molecule has 2 unspecified atom stereocenters. The summed E-state index contributed by atoms with van der Waals surface area (Å²) in [6, 6.07) is 31.4. The van der Waals surface area contributed by atoms with Crippen molar-refractivity contribution in [1.29, 1.82) is 0 Å². The van der Waals surface area contributed by atoms with Crippen molar-refractivity contribution in [2.24, 2.45) is 0 Å². The fourth-order valence-electron chi connectivity index (χ4n) is 5.96. The van der Waals surface area contributed by atoms with Crippen molar-refractivity contribution in [3.63, 3.8) is 0 Å². The molecule has 2 nitrogen and oxygen atoms in total. The number of fused-ring (bicyclic) bond motifs is 4. The summed E-state index contributed by atoms with van der Waals surface area (Å²) in [7, 11) is 0. The number of nitrogens with one attached hydrogen (secondary N) is 2. The standard InChI is InChI=1S/C36H34N2S4Se2/c1-23(43-25-9-5-3-6-10-25)21-27-33-29(13-17-39-33)37-31-15-19-41-35(31)28(22-24(2)44-26-11-7-4-8-12-26)36-32(16-20-42-36)38-30-14-18-40-34(27)30/h3-20,23-24,27-28,37-38H,21-22H2,1-2H3. The fraction of sp³-hybridized carbons (Fsp3) is 0.222. The van der Waals surface area contributed by atoms with E-state index in [4.69, 9.17) is 0 Å². The first-order valence-corrected chi connectivity index (χ1v) is 22.1. The van der Waals surface area contributed by atoms with Gasteiger partial charge in [-0.15, -0.1) is 0 Å². The first-order chi connectivity index (χ1) is 21.6. The van der Waals surface area contributed by atoms with Crippen LogP contribution in [0, 0.1) is 0 Å². The van der Waals surface area contributed by atoms with Crippen LogP contribution < -0.4 is 19.6 Å². The van der Waals surface area contributed by atoms with Crippen LogP contribution in [0.15, 0.2) is 106 Å². The van der Waals surface area contributed by atoms with Gasteiger partial charge in [0.05, 0.1) is 0 Å². The summed E-state index contributed by atoms with van der Waals surface area (Å²) in [5, 5.41) is 17.1. The molecule has 0 fully saturated rings. The minimum absolute atomic E-state index is 0.341. The maximum absolute atomic E-state index is 3.99. The summed E-state index contributed by atoms with van der Waals surface area (Å²) in [6.45, 7) is 4.89. The van der Waals surface area contributed by atoms with E-state index in [1.165, 1.54) is 51.2 Å². The first-order valence-electron chi connectivity index (χ1n) is 14.9. The molecule has 0 saturated heterocycles. The number of thiophene rings is 4. The third-order valence-corrected chi connectivity index (χ3v) is 16.8. The summed E-state index contributed by atoms with van der Waals surface area (Å²) < 4.78 is 2.96. The molecule has 2 atom stereocenters. The van der Waals surface area contributed by atoms with Crippen molar-refractivity contribution < 1.29 is 0 Å². The van der Waals surface area contributed by atoms with Crippen molar-refractivity contribution in [3.8, 4) is 0 Å². The quantitative estimate of drug-likeness (QED) is 0.150. The zero-order valence-electron chi connectivity index (χ0n) is 24.6. The van der Waals surface area contributed by atoms with E-state index in [0.717, 1.165) is 12.8 Å². The van der Waals surface area contributed by atoms with E-state index < -0.39 is 0 Å². The molecule has 224 valence electrons. The average Bonchev–Trinajstić information content (AvgIpc) is 3.85. The maximum atomic E-state index is 3.99. The number of benzene rings is 2. The Balaban J connectivity index is 1.26. The van der Waals surface area contributed by atoms with Gasteiger partial charge < -0.3 is 0 Å². The molecule has 2 N–H and O–H groups in total. The Labute approximate surface area is 289 Å². The molecule has 8 heteroatoms. The van der Waals surface area contributed by atoms with E-state index in [0.29, 0.717) is 51.4 Å². The molecule has 6 aromatic rings. The summed E-state index contributed by atoms with van der Waals surface area (Å²) in [6.07, 6.45) is 2.27. The molecule has 2 aromatic carbocycles. The Kier molecular flexibility index (Phi) is 9.79. The summed E-state index contributed by atoms with van der Waals surface area (Å²) >= 11 is 8.48. The number of hydrogen-bond donors (Lipinski definition) is 2. The molecule has 4 aromatic heterocycles. The molecule has 1 aliphatic heterocycles. The fourth-order valence-corrected chi connectivity index (χ4v) is 14.5. The number of hydrogen-bond acceptors (Lipinski definition) is 6. The molecule has 5 heterocycles. The van der Waals surface area contributed by atoms with Crippen molar-refractivity contribution in [2.75, 3.05) is 10.6 Å². The Bertz CT molecular complexity index is 1580. The summed E-state index contributed by atoms with van der Waals surface area (Å²) in [4.78, 5) is 7.02. The van der Waals surface area contributed by atoms with Gasteiger partial charge in [-0.25, -0.2) is 0 Å². The van der Waals surface area contributed by atoms with Crippen LogP contribution in [0.5, 0.6) is 0 Å². The molecule has 0 radical (unpaired) electrons. The third-order valence-electron chi connectivity index (χ3n) is 7.88. The normalized spacial score (nSPS) is 17.4. The molecule has 0 spiro atoms. The van der Waals surface area contributed by atoms with Crippen LogP contribution in [-0.2, 0) is 0 Å². The van der Waals surface area contributed by atoms with Gasteiger partial charge >= 0.3 is 292 Å². The first kappa shape index (κ1) is 30.5. The van der Waals surface area contributed by atoms with E-state index in [-0.39, 0.29) is 0 Å². The van der Waals surface area contributed by atoms with Gasteiger partial charge in [0.15, 0.2) is 0 Å². The summed E-state index contributed by atoms with van der Waals surface area (Å²) in [5.74, 6) is 0.683. The van der Waals surface area contributed by atoms with Gasteiger partial charge in [-0.3, -0.25) is 0 Å². The predicted octanol–water partition coefficient (Wildman–Crippen LogP) is 10.5. The predicted molar refractivity (Wildman–Crippen MR) is 199 cm³/mol. The molecular formula is C36H34N2S4Se2. The Morgan fingerprint density at radius 1 is 0.500 bits per heavy atom. The van der Waals surface area contributed by atoms with Gasteiger partial charge in [-0.1, -0.05) is 0 Å². The molecule has 0 bridgehead atoms. The van der Waals surface area contributed by atoms with Crippen molar-refractivity contribution in [1.82, 2.24) is 0 Å². The van der Waals surface area contributed by atoms with Crippen LogP contribution in [0.3, 0.4) is 0 Å². The van der Waals surface area contributed by atoms with Crippen LogP contribution >= 0.6 is 45.3 Å². The third kappa shape index (κ3) is 6.84. The van der Waals surface area contributed by atoms with Crippen LogP contribution in [0.2, 0.25) is 9.63 Å². The van der Waals surface area contributed by atoms with E-state index in [1.807, 2.05) is 45.3 Å². The van der Waals surface area contributed by atoms with Crippen LogP contribution in [0.1, 0.15) is 58.0 Å². The Morgan fingerprint density at radius 2 is 0.818 bits per heavy atom. The molecule has 0 saturated carbocycles. The van der Waals surface area contributed by atoms with Gasteiger partial charge in [-0.05, 0) is 0 Å². The summed E-state index contributed by atoms with van der Waals surface area (Å²) in [5.41, 5.74) is 5.08. The topological polar surface area (TPSA) is 24.1 Å². The van der Waals surface area contributed by atoms with E-state index >= 15 is 0 Å². The van der Waals surface area contributed by atoms with E-state index in [2.05, 4.69) is 131 Å². The molecular weight excluding hydrogens is 747 g/mol. The van der Waals surface area contributed by atoms with E-state index in [9.17, 15) is 0 Å². The zero-order valence-corrected chi connectivity index (χ0v) is 31.3. The van der Waals surface area contributed by atoms with Crippen molar-refractivity contribution in [3.05, 3.63) is 126 Å². The van der Waals surface area contributed by atoms with E-state index in [1.54, 1.807) is 0 Å². The Morgan fingerprint density at radius 3 is 1.14 bits per heavy atom. The average molecular weight is 781 g/mol. The van der Waals surface area contributed by atoms with Gasteiger partial charge in [0.1, 0.15) is 0 Å². The second-order valence-corrected chi connectivity index (χ2v) is 21.2. The SMILES string of the molecule is CC(CC1c2sccc2Nc2ccsc2C(CC(C)[Se]c2ccccc2)c2sccc2Nc2ccsc21)[Se]c1ccccc1. The Hall–Kier alpha value is -2.12. The van der Waals surface area contributed by atoms with Gasteiger partial charge in [0, 0.05) is 0 Å². The molecule has 44 heavy (non-hydrogen) atoms. The van der Waals surface area contributed by atoms with Crippen molar-refractivity contribution in [2.45, 2.75) is 48.2 Å². The van der Waals surface area contributed by atoms with Gasteiger partial charge in [-0.2, -0.15) is 0 Å². The molecule has 0 amide bonds. The van der Waals surface area contributed by atoms with Crippen LogP contribution in [0.25, 0.3) is 0 Å². The number of rotatable bonds is 8. The second kappa shape index (κ2) is 14.1. The molecule has 1 aliphatic rings. The van der Waals surface area contributed by atoms with Crippen LogP contribution in [0.4, 0.5) is 22.7 Å². The molecule has 7 rings (SSSR count). The van der Waals surface area contributed by atoms with Crippen molar-refractivity contribution >= 4 is 107 Å². The number of anilines is 4. The monoisotopic (exact) mass is 782 g/mol. The second-order valence-electron chi connectivity index (χ2n) is 11.1. The minimum atomic E-state index is 0.341. The van der Waals surface area contributed by atoms with Gasteiger partial charge in [0.25, 0.3) is 0 Å². The zero-order chi connectivity index (χ0) is 29.9. The van der Waals surface area contributed by atoms with Crippen LogP contribution in [-0.4, -0.2) is 29.9 Å². The van der Waals surface area contributed by atoms with Gasteiger partial charge in [0.2, 0.25) is 0 Å². The molecule has 0 aliphatic carbocycles.